The summed E-state index contributed by atoms with van der Waals surface area (Å²) in [6.45, 7) is -0.0327. The van der Waals surface area contributed by atoms with Crippen molar-refractivity contribution in [1.82, 2.24) is 0 Å². The summed E-state index contributed by atoms with van der Waals surface area (Å²) in [5, 5.41) is 16.6. The Morgan fingerprint density at radius 2 is 2.29 bits per heavy atom. The van der Waals surface area contributed by atoms with Crippen LogP contribution in [0.3, 0.4) is 0 Å². The summed E-state index contributed by atoms with van der Waals surface area (Å²) in [4.78, 5) is 0. The topological polar surface area (TPSA) is 49.7 Å². The van der Waals surface area contributed by atoms with E-state index in [2.05, 4.69) is 4.74 Å². The first kappa shape index (κ1) is 6.88. The van der Waals surface area contributed by atoms with Gasteiger partial charge in [0.25, 0.3) is 0 Å². The fraction of sp³-hybridized carbons (Fsp3) is 1.00. The van der Waals surface area contributed by atoms with Crippen LogP contribution in [0.4, 0.5) is 0 Å². The summed E-state index contributed by atoms with van der Waals surface area (Å²) in [6, 6.07) is 0. The highest BCUT2D eigenvalue weighted by molar-refractivity contribution is 4.34. The average molecular weight is 106 g/mol. The molecule has 3 heteroatoms. The average Bonchev–Trinajstić information content (AvgIpc) is 1.68. The van der Waals surface area contributed by atoms with Gasteiger partial charge in [0.2, 0.25) is 0 Å². The normalized spacial score (nSPS) is 14.1. The molecule has 0 fully saturated rings. The van der Waals surface area contributed by atoms with Crippen molar-refractivity contribution in [3.8, 4) is 0 Å². The molecular weight excluding hydrogens is 96.0 g/mol. The lowest BCUT2D eigenvalue weighted by molar-refractivity contribution is -0.0849. The second-order valence-corrected chi connectivity index (χ2v) is 1.20. The lowest BCUT2D eigenvalue weighted by Crippen LogP contribution is -2.09. The summed E-state index contributed by atoms with van der Waals surface area (Å²) >= 11 is 0. The molecule has 0 unspecified atom stereocenters. The van der Waals surface area contributed by atoms with E-state index in [1.165, 1.54) is 7.11 Å². The zero-order valence-electron chi connectivity index (χ0n) is 4.29. The van der Waals surface area contributed by atoms with Crippen LogP contribution in [0.2, 0.25) is 0 Å². The Morgan fingerprint density at radius 3 is 2.43 bits per heavy atom. The molecule has 0 aromatic carbocycles. The highest BCUT2D eigenvalue weighted by atomic mass is 16.6. The van der Waals surface area contributed by atoms with E-state index in [1.54, 1.807) is 0 Å². The van der Waals surface area contributed by atoms with E-state index in [-0.39, 0.29) is 13.0 Å². The van der Waals surface area contributed by atoms with Gasteiger partial charge in [-0.3, -0.25) is 0 Å². The smallest absolute Gasteiger partial charge is 0.156 e. The number of hydrogen-bond donors (Lipinski definition) is 2. The Hall–Kier alpha value is -0.120. The van der Waals surface area contributed by atoms with Crippen molar-refractivity contribution in [1.29, 1.82) is 0 Å². The lowest BCUT2D eigenvalue weighted by atomic mass is 10.4. The lowest BCUT2D eigenvalue weighted by Gasteiger charge is -2.02. The van der Waals surface area contributed by atoms with Gasteiger partial charge in [0.1, 0.15) is 0 Å². The molecule has 0 amide bonds. The largest absolute Gasteiger partial charge is 0.396 e. The molecule has 2 N–H and O–H groups in total. The molecular formula is C4H10O3. The molecule has 3 nitrogen and oxygen atoms in total. The van der Waals surface area contributed by atoms with E-state index in [0.717, 1.165) is 0 Å². The maximum Gasteiger partial charge on any atom is 0.156 e. The van der Waals surface area contributed by atoms with Crippen LogP contribution in [-0.4, -0.2) is 30.2 Å². The van der Waals surface area contributed by atoms with Crippen LogP contribution in [0.5, 0.6) is 0 Å². The Bertz CT molecular complexity index is 37.9. The summed E-state index contributed by atoms with van der Waals surface area (Å²) in [6.07, 6.45) is -0.513. The summed E-state index contributed by atoms with van der Waals surface area (Å²) in [7, 11) is 1.39. The molecule has 0 aromatic rings. The minimum atomic E-state index is -0.801. The molecule has 0 aliphatic rings. The van der Waals surface area contributed by atoms with Gasteiger partial charge in [-0.25, -0.2) is 0 Å². The standard InChI is InChI=1S/C4H10O3/c1-7-4(6)2-3-5/h4-6H,2-3H2,1H3/t4-/m1/s1. The van der Waals surface area contributed by atoms with Crippen molar-refractivity contribution in [2.45, 2.75) is 12.7 Å². The zero-order valence-corrected chi connectivity index (χ0v) is 4.29. The van der Waals surface area contributed by atoms with Crippen LogP contribution in [-0.2, 0) is 4.74 Å². The Morgan fingerprint density at radius 1 is 1.71 bits per heavy atom. The number of aliphatic hydroxyl groups excluding tert-OH is 2. The fourth-order valence-electron chi connectivity index (χ4n) is 0.228. The van der Waals surface area contributed by atoms with Crippen molar-refractivity contribution in [2.24, 2.45) is 0 Å². The van der Waals surface area contributed by atoms with Crippen molar-refractivity contribution in [3.05, 3.63) is 0 Å². The van der Waals surface area contributed by atoms with Crippen molar-refractivity contribution in [3.63, 3.8) is 0 Å². The van der Waals surface area contributed by atoms with E-state index in [9.17, 15) is 0 Å². The highest BCUT2D eigenvalue weighted by Gasteiger charge is 1.95. The Labute approximate surface area is 42.5 Å². The summed E-state index contributed by atoms with van der Waals surface area (Å²) < 4.78 is 4.39. The molecule has 0 saturated carbocycles. The second kappa shape index (κ2) is 4.05. The van der Waals surface area contributed by atoms with Gasteiger partial charge in [0, 0.05) is 20.1 Å². The number of aliphatic hydroxyl groups is 2. The zero-order chi connectivity index (χ0) is 5.70. The predicted octanol–water partition coefficient (Wildman–Crippen LogP) is -0.666. The molecule has 1 atom stereocenters. The maximum absolute atomic E-state index is 8.48. The quantitative estimate of drug-likeness (QED) is 0.469. The van der Waals surface area contributed by atoms with E-state index in [1.807, 2.05) is 0 Å². The van der Waals surface area contributed by atoms with Crippen LogP contribution in [0.15, 0.2) is 0 Å². The molecule has 0 aliphatic heterocycles. The van der Waals surface area contributed by atoms with E-state index < -0.39 is 6.29 Å². The molecule has 0 spiro atoms. The third-order valence-electron chi connectivity index (χ3n) is 0.648. The Balaban J connectivity index is 2.83. The number of rotatable bonds is 3. The first-order valence-corrected chi connectivity index (χ1v) is 2.13. The van der Waals surface area contributed by atoms with Crippen LogP contribution >= 0.6 is 0 Å². The molecule has 0 aliphatic carbocycles. The summed E-state index contributed by atoms with van der Waals surface area (Å²) in [5.74, 6) is 0. The van der Waals surface area contributed by atoms with Crippen molar-refractivity contribution in [2.75, 3.05) is 13.7 Å². The fourth-order valence-corrected chi connectivity index (χ4v) is 0.228. The summed E-state index contributed by atoms with van der Waals surface area (Å²) in [5.41, 5.74) is 0. The van der Waals surface area contributed by atoms with E-state index >= 15 is 0 Å². The van der Waals surface area contributed by atoms with Gasteiger partial charge in [0.15, 0.2) is 6.29 Å². The monoisotopic (exact) mass is 106 g/mol. The third kappa shape index (κ3) is 3.72. The van der Waals surface area contributed by atoms with E-state index in [0.29, 0.717) is 0 Å². The van der Waals surface area contributed by atoms with Gasteiger partial charge in [-0.05, 0) is 0 Å². The molecule has 0 bridgehead atoms. The van der Waals surface area contributed by atoms with Crippen molar-refractivity contribution < 1.29 is 14.9 Å². The SMILES string of the molecule is CO[C@@H](O)CCO. The van der Waals surface area contributed by atoms with Crippen LogP contribution in [0.25, 0.3) is 0 Å². The first-order valence-electron chi connectivity index (χ1n) is 2.13. The Kier molecular flexibility index (Phi) is 3.98. The minimum Gasteiger partial charge on any atom is -0.396 e. The van der Waals surface area contributed by atoms with Gasteiger partial charge >= 0.3 is 0 Å². The van der Waals surface area contributed by atoms with E-state index in [4.69, 9.17) is 10.2 Å². The number of hydrogen-bond acceptors (Lipinski definition) is 3. The molecule has 0 rings (SSSR count). The van der Waals surface area contributed by atoms with Crippen LogP contribution < -0.4 is 0 Å². The second-order valence-electron chi connectivity index (χ2n) is 1.20. The number of methoxy groups -OCH3 is 1. The molecule has 0 radical (unpaired) electrons. The molecule has 7 heavy (non-hydrogen) atoms. The predicted molar refractivity (Wildman–Crippen MR) is 24.7 cm³/mol. The molecule has 0 heterocycles. The van der Waals surface area contributed by atoms with Gasteiger partial charge in [-0.15, -0.1) is 0 Å². The highest BCUT2D eigenvalue weighted by Crippen LogP contribution is 1.87. The van der Waals surface area contributed by atoms with Crippen LogP contribution in [0, 0.1) is 0 Å². The third-order valence-corrected chi connectivity index (χ3v) is 0.648. The molecule has 0 aromatic heterocycles. The molecule has 0 saturated heterocycles. The van der Waals surface area contributed by atoms with Gasteiger partial charge in [-0.1, -0.05) is 0 Å². The van der Waals surface area contributed by atoms with Gasteiger partial charge < -0.3 is 14.9 Å². The molecule has 44 valence electrons. The van der Waals surface area contributed by atoms with Crippen molar-refractivity contribution >= 4 is 0 Å². The minimum absolute atomic E-state index is 0.0327. The van der Waals surface area contributed by atoms with Gasteiger partial charge in [-0.2, -0.15) is 0 Å². The van der Waals surface area contributed by atoms with Crippen LogP contribution in [0.1, 0.15) is 6.42 Å². The van der Waals surface area contributed by atoms with Gasteiger partial charge in [0.05, 0.1) is 0 Å². The first-order chi connectivity index (χ1) is 3.31. The maximum atomic E-state index is 8.48. The number of ether oxygens (including phenoxy) is 1.